The van der Waals surface area contributed by atoms with Gasteiger partial charge in [0.25, 0.3) is 0 Å². The van der Waals surface area contributed by atoms with Crippen LogP contribution in [0.25, 0.3) is 0 Å². The molecule has 0 aliphatic carbocycles. The molecule has 4 aliphatic rings. The molecule has 2 aromatic carbocycles. The molecular formula is C32H42N4O8. The number of amides is 2. The fourth-order valence-electron chi connectivity index (χ4n) is 7.81. The zero-order valence-electron chi connectivity index (χ0n) is 26.1. The van der Waals surface area contributed by atoms with Crippen molar-refractivity contribution in [1.29, 1.82) is 0 Å². The van der Waals surface area contributed by atoms with E-state index in [0.29, 0.717) is 59.6 Å². The number of aryl methyl sites for hydroxylation is 1. The molecule has 2 amide bonds. The predicted molar refractivity (Wildman–Crippen MR) is 160 cm³/mol. The average Bonchev–Trinajstić information content (AvgIpc) is 3.47. The molecule has 1 saturated heterocycles. The molecule has 6 atom stereocenters. The van der Waals surface area contributed by atoms with Gasteiger partial charge in [-0.15, -0.1) is 0 Å². The van der Waals surface area contributed by atoms with Crippen LogP contribution in [0.2, 0.25) is 0 Å². The summed E-state index contributed by atoms with van der Waals surface area (Å²) >= 11 is 0. The third-order valence-corrected chi connectivity index (χ3v) is 9.84. The van der Waals surface area contributed by atoms with Gasteiger partial charge in [-0.1, -0.05) is 13.0 Å². The van der Waals surface area contributed by atoms with E-state index in [2.05, 4.69) is 15.5 Å². The Bertz CT molecular complexity index is 1510. The minimum atomic E-state index is -0.947. The number of phenols is 2. The molecule has 0 aromatic heterocycles. The normalized spacial score (nSPS) is 25.8. The summed E-state index contributed by atoms with van der Waals surface area (Å²) in [6.45, 7) is 7.26. The number of fused-ring (bicyclic) bond motifs is 9. The number of piperazine rings is 1. The number of carbonyl (C=O) groups excluding carboxylic acids is 2. The first kappa shape index (κ1) is 30.3. The number of rotatable bonds is 7. The molecule has 0 spiro atoms. The molecule has 0 saturated carbocycles. The number of hydrogen-bond acceptors (Lipinski definition) is 10. The van der Waals surface area contributed by atoms with Crippen LogP contribution in [0.1, 0.15) is 72.2 Å². The summed E-state index contributed by atoms with van der Waals surface area (Å²) in [5, 5.41) is 40.8. The number of nitrogens with zero attached hydrogens (tertiary/aromatic N) is 2. The maximum absolute atomic E-state index is 13.2. The maximum atomic E-state index is 13.2. The van der Waals surface area contributed by atoms with E-state index < -0.39 is 24.4 Å². The third kappa shape index (κ3) is 4.53. The Balaban J connectivity index is 1.45. The van der Waals surface area contributed by atoms with Crippen LogP contribution < -0.4 is 24.8 Å². The number of carbonyl (C=O) groups is 2. The summed E-state index contributed by atoms with van der Waals surface area (Å²) in [4.78, 5) is 29.5. The first-order chi connectivity index (χ1) is 21.0. The number of benzene rings is 2. The lowest BCUT2D eigenvalue weighted by molar-refractivity contribution is -0.172. The van der Waals surface area contributed by atoms with Crippen molar-refractivity contribution in [3.8, 4) is 28.7 Å². The van der Waals surface area contributed by atoms with E-state index in [1.807, 2.05) is 31.9 Å². The average molecular weight is 611 g/mol. The number of methoxy groups -OCH3 is 1. The van der Waals surface area contributed by atoms with Gasteiger partial charge in [0.1, 0.15) is 18.0 Å². The number of phenolic OH excluding ortho intramolecular Hbond substituents is 2. The summed E-state index contributed by atoms with van der Waals surface area (Å²) in [6, 6.07) is -0.423. The molecule has 44 heavy (non-hydrogen) atoms. The third-order valence-electron chi connectivity index (χ3n) is 9.84. The van der Waals surface area contributed by atoms with Crippen LogP contribution >= 0.6 is 0 Å². The second kappa shape index (κ2) is 11.3. The van der Waals surface area contributed by atoms with Crippen LogP contribution in [-0.2, 0) is 22.4 Å². The number of nitrogens with one attached hydrogen (secondary N) is 2. The maximum Gasteiger partial charge on any atom is 0.242 e. The van der Waals surface area contributed by atoms with Crippen LogP contribution in [0.3, 0.4) is 0 Å². The lowest BCUT2D eigenvalue weighted by Gasteiger charge is -2.60. The van der Waals surface area contributed by atoms with E-state index in [1.165, 1.54) is 7.11 Å². The lowest BCUT2D eigenvalue weighted by atomic mass is 9.73. The van der Waals surface area contributed by atoms with Crippen LogP contribution in [0.5, 0.6) is 28.7 Å². The van der Waals surface area contributed by atoms with Crippen LogP contribution in [0, 0.1) is 13.8 Å². The zero-order valence-corrected chi connectivity index (χ0v) is 26.1. The van der Waals surface area contributed by atoms with E-state index in [9.17, 15) is 24.9 Å². The highest BCUT2D eigenvalue weighted by atomic mass is 16.7. The highest BCUT2D eigenvalue weighted by Crippen LogP contribution is 2.57. The van der Waals surface area contributed by atoms with E-state index in [1.54, 1.807) is 13.8 Å². The van der Waals surface area contributed by atoms with Crippen LogP contribution in [0.15, 0.2) is 6.07 Å². The summed E-state index contributed by atoms with van der Waals surface area (Å²) in [5.41, 5.74) is 4.38. The molecular weight excluding hydrogens is 568 g/mol. The Morgan fingerprint density at radius 3 is 2.55 bits per heavy atom. The van der Waals surface area contributed by atoms with Crippen molar-refractivity contribution in [2.24, 2.45) is 0 Å². The zero-order chi connectivity index (χ0) is 31.6. The lowest BCUT2D eigenvalue weighted by Crippen LogP contribution is -2.69. The van der Waals surface area contributed by atoms with Gasteiger partial charge in [-0.05, 0) is 58.2 Å². The number of aliphatic hydroxyl groups excluding tert-OH is 1. The Labute approximate surface area is 256 Å². The van der Waals surface area contributed by atoms with Gasteiger partial charge in [0.15, 0.2) is 23.0 Å². The minimum absolute atomic E-state index is 0.00793. The van der Waals surface area contributed by atoms with Gasteiger partial charge in [0.2, 0.25) is 18.6 Å². The molecule has 1 unspecified atom stereocenters. The van der Waals surface area contributed by atoms with Crippen LogP contribution in [0.4, 0.5) is 0 Å². The minimum Gasteiger partial charge on any atom is -0.507 e. The highest BCUT2D eigenvalue weighted by Gasteiger charge is 2.56. The molecule has 0 radical (unpaired) electrons. The fraction of sp³-hybridized carbons (Fsp3) is 0.562. The Morgan fingerprint density at radius 2 is 1.84 bits per heavy atom. The van der Waals surface area contributed by atoms with Gasteiger partial charge in [-0.2, -0.15) is 0 Å². The van der Waals surface area contributed by atoms with E-state index in [4.69, 9.17) is 14.2 Å². The summed E-state index contributed by atoms with van der Waals surface area (Å²) in [7, 11) is 3.48. The Hall–Kier alpha value is -3.74. The van der Waals surface area contributed by atoms with Gasteiger partial charge in [0, 0.05) is 41.3 Å². The first-order valence-electron chi connectivity index (χ1n) is 15.3. The molecule has 238 valence electrons. The quantitative estimate of drug-likeness (QED) is 0.315. The van der Waals surface area contributed by atoms with Crippen LogP contribution in [-0.4, -0.2) is 88.8 Å². The van der Waals surface area contributed by atoms with E-state index >= 15 is 0 Å². The van der Waals surface area contributed by atoms with Crippen molar-refractivity contribution in [3.05, 3.63) is 39.4 Å². The van der Waals surface area contributed by atoms with Gasteiger partial charge in [-0.25, -0.2) is 0 Å². The topological polar surface area (TPSA) is 153 Å². The van der Waals surface area contributed by atoms with Crippen molar-refractivity contribution in [2.45, 2.75) is 89.8 Å². The highest BCUT2D eigenvalue weighted by molar-refractivity contribution is 5.87. The van der Waals surface area contributed by atoms with Crippen molar-refractivity contribution in [3.63, 3.8) is 0 Å². The van der Waals surface area contributed by atoms with E-state index in [-0.39, 0.29) is 48.7 Å². The Morgan fingerprint density at radius 1 is 1.11 bits per heavy atom. The molecule has 6 rings (SSSR count). The fourth-order valence-corrected chi connectivity index (χ4v) is 7.81. The molecule has 2 aromatic rings. The smallest absolute Gasteiger partial charge is 0.242 e. The van der Waals surface area contributed by atoms with Crippen molar-refractivity contribution in [1.82, 2.24) is 20.4 Å². The molecule has 4 aliphatic heterocycles. The van der Waals surface area contributed by atoms with Crippen molar-refractivity contribution >= 4 is 11.8 Å². The molecule has 5 N–H and O–H groups in total. The van der Waals surface area contributed by atoms with Crippen molar-refractivity contribution < 1.29 is 39.1 Å². The van der Waals surface area contributed by atoms with Gasteiger partial charge >= 0.3 is 0 Å². The predicted octanol–water partition coefficient (Wildman–Crippen LogP) is 2.07. The monoisotopic (exact) mass is 610 g/mol. The largest absolute Gasteiger partial charge is 0.507 e. The standard InChI is InChI=1S/C32H42N4O8/c1-7-8-22(37)34-16(4)31(40)33-12-21-24-18(26(38)15(3)29-30(24)44-13-43-29)11-19-25-23-17(9-14(2)28(42-6)27(23)39)10-20(35(25)5)32(41)36(19)21/h9,16,19-21,25,32,38-39,41H,7-8,10-13H2,1-6H3,(H,33,40)(H,34,37)/t16-,19?,20-,21-,25+,32-/m0/s1. The molecule has 4 heterocycles. The molecule has 12 nitrogen and oxygen atoms in total. The van der Waals surface area contributed by atoms with E-state index in [0.717, 1.165) is 16.7 Å². The van der Waals surface area contributed by atoms with Crippen molar-refractivity contribution in [2.75, 3.05) is 27.5 Å². The van der Waals surface area contributed by atoms with Gasteiger partial charge < -0.3 is 40.2 Å². The molecule has 12 heteroatoms. The summed E-state index contributed by atoms with van der Waals surface area (Å²) < 4.78 is 17.3. The second-order valence-corrected chi connectivity index (χ2v) is 12.4. The number of likely N-dealkylation sites (N-methyl/N-ethyl adjacent to an activating group) is 1. The summed E-state index contributed by atoms with van der Waals surface area (Å²) in [6.07, 6.45) is 0.892. The SMILES string of the molecule is CCCC(=O)N[C@@H](C)C(=O)NC[C@H]1c2c(c(O)c(C)c3c2OCO3)CC2[C@@H]3c4c(cc(C)c(OC)c4O)C[C@@H]([C@H](O)N21)N3C. The number of aliphatic hydroxyl groups is 1. The molecule has 2 bridgehead atoms. The first-order valence-corrected chi connectivity index (χ1v) is 15.3. The summed E-state index contributed by atoms with van der Waals surface area (Å²) in [5.74, 6) is 0.949. The number of ether oxygens (including phenoxy) is 3. The molecule has 1 fully saturated rings. The van der Waals surface area contributed by atoms with Gasteiger partial charge in [0.05, 0.1) is 25.2 Å². The number of hydrogen-bond donors (Lipinski definition) is 5. The second-order valence-electron chi connectivity index (χ2n) is 12.4. The Kier molecular flexibility index (Phi) is 7.79. The van der Waals surface area contributed by atoms with Gasteiger partial charge in [-0.3, -0.25) is 19.4 Å². The number of aromatic hydroxyl groups is 2.